The molecule has 3 aromatic heterocycles. The second-order valence-electron chi connectivity index (χ2n) is 5.53. The molecular formula is C18H13N3O5S. The fourth-order valence-electron chi connectivity index (χ4n) is 2.51. The van der Waals surface area contributed by atoms with Crippen LogP contribution in [0.25, 0.3) is 22.6 Å². The fourth-order valence-corrected chi connectivity index (χ4v) is 3.42. The van der Waals surface area contributed by atoms with Gasteiger partial charge in [-0.1, -0.05) is 17.4 Å². The lowest BCUT2D eigenvalue weighted by Crippen LogP contribution is -2.23. The zero-order valence-corrected chi connectivity index (χ0v) is 15.1. The molecule has 0 aliphatic rings. The van der Waals surface area contributed by atoms with E-state index in [4.69, 9.17) is 13.9 Å². The molecule has 0 saturated heterocycles. The molecule has 1 aromatic carbocycles. The highest BCUT2D eigenvalue weighted by atomic mass is 32.1. The quantitative estimate of drug-likeness (QED) is 0.392. The van der Waals surface area contributed by atoms with Gasteiger partial charge >= 0.3 is 5.97 Å². The van der Waals surface area contributed by atoms with Gasteiger partial charge in [0, 0.05) is 6.92 Å². The van der Waals surface area contributed by atoms with Gasteiger partial charge in [-0.3, -0.25) is 9.59 Å². The highest BCUT2D eigenvalue weighted by Gasteiger charge is 2.14. The van der Waals surface area contributed by atoms with Crippen molar-refractivity contribution in [3.63, 3.8) is 0 Å². The minimum Gasteiger partial charge on any atom is -0.493 e. The van der Waals surface area contributed by atoms with Gasteiger partial charge in [-0.05, 0) is 35.9 Å². The maximum atomic E-state index is 12.6. The van der Waals surface area contributed by atoms with Gasteiger partial charge in [0.15, 0.2) is 17.3 Å². The van der Waals surface area contributed by atoms with Crippen molar-refractivity contribution in [1.82, 2.24) is 14.6 Å². The Bertz CT molecular complexity index is 1240. The van der Waals surface area contributed by atoms with Crippen LogP contribution in [0.3, 0.4) is 0 Å². The smallest absolute Gasteiger partial charge is 0.308 e. The van der Waals surface area contributed by atoms with Crippen LogP contribution in [0.5, 0.6) is 11.5 Å². The van der Waals surface area contributed by atoms with E-state index < -0.39 is 5.97 Å². The second kappa shape index (κ2) is 6.69. The summed E-state index contributed by atoms with van der Waals surface area (Å²) in [5, 5.41) is 4.21. The molecule has 4 aromatic rings. The number of esters is 1. The number of fused-ring (bicyclic) bond motifs is 1. The molecular weight excluding hydrogens is 370 g/mol. The Hall–Kier alpha value is -3.46. The molecule has 8 nitrogen and oxygen atoms in total. The van der Waals surface area contributed by atoms with Crippen LogP contribution in [0.15, 0.2) is 45.8 Å². The first-order chi connectivity index (χ1) is 13.0. The van der Waals surface area contributed by atoms with E-state index in [1.807, 2.05) is 0 Å². The second-order valence-corrected chi connectivity index (χ2v) is 6.54. The number of ether oxygens (including phenoxy) is 2. The molecule has 9 heteroatoms. The largest absolute Gasteiger partial charge is 0.493 e. The predicted octanol–water partition coefficient (Wildman–Crippen LogP) is 1.89. The first-order valence-electron chi connectivity index (χ1n) is 7.87. The first kappa shape index (κ1) is 17.0. The minimum atomic E-state index is -0.440. The van der Waals surface area contributed by atoms with Gasteiger partial charge in [-0.15, -0.1) is 5.10 Å². The Balaban J connectivity index is 1.74. The van der Waals surface area contributed by atoms with E-state index in [1.54, 1.807) is 36.4 Å². The van der Waals surface area contributed by atoms with E-state index in [-0.39, 0.29) is 5.56 Å². The summed E-state index contributed by atoms with van der Waals surface area (Å²) in [5.74, 6) is 1.13. The molecule has 0 spiro atoms. The minimum absolute atomic E-state index is 0.275. The molecule has 0 aliphatic carbocycles. The number of carbonyl (C=O) groups is 1. The SMILES string of the molecule is COc1cc(/C=c2\sc3nc(-c4ccco4)nn3c2=O)ccc1OC(C)=O. The van der Waals surface area contributed by atoms with E-state index in [1.165, 1.54) is 36.1 Å². The predicted molar refractivity (Wildman–Crippen MR) is 97.9 cm³/mol. The Labute approximate surface area is 156 Å². The number of hydrogen-bond donors (Lipinski definition) is 0. The molecule has 0 atom stereocenters. The average molecular weight is 383 g/mol. The molecule has 0 fully saturated rings. The van der Waals surface area contributed by atoms with E-state index in [0.717, 1.165) is 5.56 Å². The van der Waals surface area contributed by atoms with Crippen LogP contribution in [0.2, 0.25) is 0 Å². The van der Waals surface area contributed by atoms with Crippen molar-refractivity contribution in [3.8, 4) is 23.1 Å². The third-order valence-electron chi connectivity index (χ3n) is 3.66. The van der Waals surface area contributed by atoms with Gasteiger partial charge in [0.1, 0.15) is 0 Å². The van der Waals surface area contributed by atoms with Crippen molar-refractivity contribution in [2.45, 2.75) is 6.92 Å². The average Bonchev–Trinajstić information content (AvgIpc) is 3.35. The van der Waals surface area contributed by atoms with Crippen molar-refractivity contribution in [1.29, 1.82) is 0 Å². The zero-order chi connectivity index (χ0) is 19.0. The van der Waals surface area contributed by atoms with Gasteiger partial charge in [-0.25, -0.2) is 0 Å². The fraction of sp³-hybridized carbons (Fsp3) is 0.111. The van der Waals surface area contributed by atoms with Gasteiger partial charge in [0.25, 0.3) is 5.56 Å². The summed E-state index contributed by atoms with van der Waals surface area (Å²) in [6, 6.07) is 8.48. The lowest BCUT2D eigenvalue weighted by molar-refractivity contribution is -0.132. The monoisotopic (exact) mass is 383 g/mol. The highest BCUT2D eigenvalue weighted by Crippen LogP contribution is 2.28. The molecule has 3 heterocycles. The van der Waals surface area contributed by atoms with Crippen molar-refractivity contribution in [3.05, 3.63) is 57.0 Å². The van der Waals surface area contributed by atoms with Crippen LogP contribution in [0, 0.1) is 0 Å². The molecule has 0 N–H and O–H groups in total. The topological polar surface area (TPSA) is 95.9 Å². The van der Waals surface area contributed by atoms with Gasteiger partial charge in [0.05, 0.1) is 17.9 Å². The first-order valence-corrected chi connectivity index (χ1v) is 8.68. The number of carbonyl (C=O) groups excluding carboxylic acids is 1. The molecule has 0 radical (unpaired) electrons. The molecule has 27 heavy (non-hydrogen) atoms. The van der Waals surface area contributed by atoms with Crippen LogP contribution < -0.4 is 19.6 Å². The standard InChI is InChI=1S/C18H13N3O5S/c1-10(22)26-12-6-5-11(8-14(12)24-2)9-15-17(23)21-18(27-15)19-16(20-21)13-4-3-7-25-13/h3-9H,1-2H3/b15-9-. The normalized spacial score (nSPS) is 11.9. The summed E-state index contributed by atoms with van der Waals surface area (Å²) in [4.78, 5) is 28.5. The Morgan fingerprint density at radius 3 is 2.81 bits per heavy atom. The number of benzene rings is 1. The van der Waals surface area contributed by atoms with Crippen LogP contribution in [0.4, 0.5) is 0 Å². The van der Waals surface area contributed by atoms with Crippen LogP contribution in [-0.4, -0.2) is 27.7 Å². The highest BCUT2D eigenvalue weighted by molar-refractivity contribution is 7.15. The van der Waals surface area contributed by atoms with Crippen LogP contribution in [0.1, 0.15) is 12.5 Å². The molecule has 4 rings (SSSR count). The molecule has 0 aliphatic heterocycles. The van der Waals surface area contributed by atoms with Gasteiger partial charge < -0.3 is 13.9 Å². The lowest BCUT2D eigenvalue weighted by atomic mass is 10.2. The van der Waals surface area contributed by atoms with Crippen molar-refractivity contribution < 1.29 is 18.7 Å². The van der Waals surface area contributed by atoms with E-state index >= 15 is 0 Å². The number of furan rings is 1. The van der Waals surface area contributed by atoms with E-state index in [2.05, 4.69) is 10.1 Å². The summed E-state index contributed by atoms with van der Waals surface area (Å²) in [6.45, 7) is 1.31. The van der Waals surface area contributed by atoms with E-state index in [9.17, 15) is 9.59 Å². The third kappa shape index (κ3) is 3.20. The van der Waals surface area contributed by atoms with E-state index in [0.29, 0.717) is 32.6 Å². The Kier molecular flexibility index (Phi) is 4.21. The van der Waals surface area contributed by atoms with Gasteiger partial charge in [-0.2, -0.15) is 9.50 Å². The lowest BCUT2D eigenvalue weighted by Gasteiger charge is -2.08. The van der Waals surface area contributed by atoms with Crippen molar-refractivity contribution in [2.75, 3.05) is 7.11 Å². The summed E-state index contributed by atoms with van der Waals surface area (Å²) in [6.07, 6.45) is 3.23. The van der Waals surface area contributed by atoms with Crippen LogP contribution in [-0.2, 0) is 4.79 Å². The number of thiazole rings is 1. The van der Waals surface area contributed by atoms with Crippen LogP contribution >= 0.6 is 11.3 Å². The number of methoxy groups -OCH3 is 1. The summed E-state index contributed by atoms with van der Waals surface area (Å²) >= 11 is 1.22. The van der Waals surface area contributed by atoms with Crippen molar-refractivity contribution in [2.24, 2.45) is 0 Å². The van der Waals surface area contributed by atoms with Crippen molar-refractivity contribution >= 4 is 28.3 Å². The number of rotatable bonds is 4. The Morgan fingerprint density at radius 1 is 1.30 bits per heavy atom. The summed E-state index contributed by atoms with van der Waals surface area (Å²) in [5.41, 5.74) is 0.443. The number of aromatic nitrogens is 3. The Morgan fingerprint density at radius 2 is 2.15 bits per heavy atom. The maximum absolute atomic E-state index is 12.6. The molecule has 0 bridgehead atoms. The third-order valence-corrected chi connectivity index (χ3v) is 4.62. The summed E-state index contributed by atoms with van der Waals surface area (Å²) in [7, 11) is 1.48. The van der Waals surface area contributed by atoms with Gasteiger partial charge in [0.2, 0.25) is 10.8 Å². The molecule has 0 amide bonds. The molecule has 136 valence electrons. The number of hydrogen-bond acceptors (Lipinski definition) is 8. The molecule has 0 saturated carbocycles. The summed E-state index contributed by atoms with van der Waals surface area (Å²) < 4.78 is 17.3. The maximum Gasteiger partial charge on any atom is 0.308 e. The number of nitrogens with zero attached hydrogens (tertiary/aromatic N) is 3. The molecule has 0 unspecified atom stereocenters. The zero-order valence-electron chi connectivity index (χ0n) is 14.3.